The number of nitrogens with zero attached hydrogens (tertiary/aromatic N) is 2. The SMILES string of the molecule is CCC(Nc1nccc(C)n1)C(C)C. The molecule has 1 aromatic heterocycles. The molecule has 0 aromatic carbocycles. The highest BCUT2D eigenvalue weighted by atomic mass is 15.1. The van der Waals surface area contributed by atoms with Gasteiger partial charge in [0.25, 0.3) is 0 Å². The summed E-state index contributed by atoms with van der Waals surface area (Å²) in [6.07, 6.45) is 2.88. The molecule has 0 bridgehead atoms. The first kappa shape index (κ1) is 11.0. The van der Waals surface area contributed by atoms with Gasteiger partial charge in [0.2, 0.25) is 5.95 Å². The highest BCUT2D eigenvalue weighted by Gasteiger charge is 2.11. The van der Waals surface area contributed by atoms with Gasteiger partial charge >= 0.3 is 0 Å². The minimum Gasteiger partial charge on any atom is -0.351 e. The third-order valence-electron chi connectivity index (χ3n) is 2.35. The van der Waals surface area contributed by atoms with Crippen molar-refractivity contribution in [2.24, 2.45) is 5.92 Å². The summed E-state index contributed by atoms with van der Waals surface area (Å²) in [5, 5.41) is 3.35. The van der Waals surface area contributed by atoms with E-state index >= 15 is 0 Å². The lowest BCUT2D eigenvalue weighted by molar-refractivity contribution is 0.508. The maximum atomic E-state index is 4.32. The maximum absolute atomic E-state index is 4.32. The number of hydrogen-bond donors (Lipinski definition) is 1. The second-order valence-electron chi connectivity index (χ2n) is 3.92. The van der Waals surface area contributed by atoms with Gasteiger partial charge in [0.15, 0.2) is 0 Å². The molecule has 0 saturated heterocycles. The fraction of sp³-hybridized carbons (Fsp3) is 0.636. The van der Waals surface area contributed by atoms with E-state index in [1.54, 1.807) is 6.20 Å². The Balaban J connectivity index is 2.67. The number of aryl methyl sites for hydroxylation is 1. The molecule has 0 saturated carbocycles. The monoisotopic (exact) mass is 193 g/mol. The van der Waals surface area contributed by atoms with Crippen molar-refractivity contribution < 1.29 is 0 Å². The standard InChI is InChI=1S/C11H19N3/c1-5-10(8(2)3)14-11-12-7-6-9(4)13-11/h6-8,10H,5H2,1-4H3,(H,12,13,14). The van der Waals surface area contributed by atoms with Crippen LogP contribution in [0.5, 0.6) is 0 Å². The zero-order valence-corrected chi connectivity index (χ0v) is 9.41. The van der Waals surface area contributed by atoms with Gasteiger partial charge in [0.1, 0.15) is 0 Å². The second-order valence-corrected chi connectivity index (χ2v) is 3.92. The number of nitrogens with one attached hydrogen (secondary N) is 1. The van der Waals surface area contributed by atoms with E-state index in [-0.39, 0.29) is 0 Å². The average molecular weight is 193 g/mol. The van der Waals surface area contributed by atoms with Crippen LogP contribution in [0.25, 0.3) is 0 Å². The Kier molecular flexibility index (Phi) is 3.86. The Hall–Kier alpha value is -1.12. The minimum absolute atomic E-state index is 0.455. The van der Waals surface area contributed by atoms with Crippen molar-refractivity contribution in [1.29, 1.82) is 0 Å². The third kappa shape index (κ3) is 2.98. The van der Waals surface area contributed by atoms with Crippen LogP contribution >= 0.6 is 0 Å². The number of hydrogen-bond acceptors (Lipinski definition) is 3. The van der Waals surface area contributed by atoms with Crippen LogP contribution in [-0.2, 0) is 0 Å². The van der Waals surface area contributed by atoms with Crippen LogP contribution in [0.1, 0.15) is 32.9 Å². The Labute approximate surface area is 86.0 Å². The molecule has 1 atom stereocenters. The van der Waals surface area contributed by atoms with Gasteiger partial charge in [-0.15, -0.1) is 0 Å². The topological polar surface area (TPSA) is 37.8 Å². The van der Waals surface area contributed by atoms with Crippen LogP contribution in [-0.4, -0.2) is 16.0 Å². The smallest absolute Gasteiger partial charge is 0.223 e. The van der Waals surface area contributed by atoms with Gasteiger partial charge in [-0.05, 0) is 25.3 Å². The summed E-state index contributed by atoms with van der Waals surface area (Å²) in [6, 6.07) is 2.36. The van der Waals surface area contributed by atoms with E-state index in [0.29, 0.717) is 12.0 Å². The molecule has 0 aliphatic rings. The van der Waals surface area contributed by atoms with E-state index in [1.807, 2.05) is 13.0 Å². The highest BCUT2D eigenvalue weighted by molar-refractivity contribution is 5.26. The van der Waals surface area contributed by atoms with Crippen LogP contribution in [0, 0.1) is 12.8 Å². The van der Waals surface area contributed by atoms with Crippen LogP contribution < -0.4 is 5.32 Å². The van der Waals surface area contributed by atoms with Gasteiger partial charge < -0.3 is 5.32 Å². The van der Waals surface area contributed by atoms with E-state index < -0.39 is 0 Å². The number of rotatable bonds is 4. The predicted octanol–water partition coefficient (Wildman–Crippen LogP) is 2.63. The number of anilines is 1. The summed E-state index contributed by atoms with van der Waals surface area (Å²) in [6.45, 7) is 8.56. The molecule has 14 heavy (non-hydrogen) atoms. The molecule has 0 aliphatic heterocycles. The molecule has 78 valence electrons. The van der Waals surface area contributed by atoms with Gasteiger partial charge in [0.05, 0.1) is 0 Å². The van der Waals surface area contributed by atoms with Crippen molar-refractivity contribution in [3.05, 3.63) is 18.0 Å². The van der Waals surface area contributed by atoms with Crippen LogP contribution in [0.3, 0.4) is 0 Å². The minimum atomic E-state index is 0.455. The zero-order valence-electron chi connectivity index (χ0n) is 9.41. The van der Waals surface area contributed by atoms with Crippen molar-refractivity contribution >= 4 is 5.95 Å². The van der Waals surface area contributed by atoms with E-state index in [1.165, 1.54) is 0 Å². The van der Waals surface area contributed by atoms with Gasteiger partial charge in [0, 0.05) is 17.9 Å². The molecule has 1 aromatic rings. The lowest BCUT2D eigenvalue weighted by Crippen LogP contribution is -2.25. The van der Waals surface area contributed by atoms with Gasteiger partial charge in [-0.25, -0.2) is 9.97 Å². The largest absolute Gasteiger partial charge is 0.351 e. The predicted molar refractivity (Wildman–Crippen MR) is 59.3 cm³/mol. The summed E-state index contributed by atoms with van der Waals surface area (Å²) in [5.41, 5.74) is 1.00. The van der Waals surface area contributed by atoms with Crippen molar-refractivity contribution in [3.8, 4) is 0 Å². The molecule has 3 nitrogen and oxygen atoms in total. The third-order valence-corrected chi connectivity index (χ3v) is 2.35. The molecule has 1 heterocycles. The molecule has 1 unspecified atom stereocenters. The molecule has 3 heteroatoms. The lowest BCUT2D eigenvalue weighted by atomic mass is 10.0. The second kappa shape index (κ2) is 4.94. The molecular weight excluding hydrogens is 174 g/mol. The van der Waals surface area contributed by atoms with Crippen molar-refractivity contribution in [2.45, 2.75) is 40.2 Å². The Morgan fingerprint density at radius 3 is 2.64 bits per heavy atom. The molecule has 0 fully saturated rings. The molecule has 0 amide bonds. The first-order valence-electron chi connectivity index (χ1n) is 5.19. The normalized spacial score (nSPS) is 12.9. The van der Waals surface area contributed by atoms with E-state index in [4.69, 9.17) is 0 Å². The van der Waals surface area contributed by atoms with Gasteiger partial charge in [-0.3, -0.25) is 0 Å². The maximum Gasteiger partial charge on any atom is 0.223 e. The Morgan fingerprint density at radius 2 is 2.14 bits per heavy atom. The van der Waals surface area contributed by atoms with Gasteiger partial charge in [-0.1, -0.05) is 20.8 Å². The highest BCUT2D eigenvalue weighted by Crippen LogP contribution is 2.11. The summed E-state index contributed by atoms with van der Waals surface area (Å²) >= 11 is 0. The zero-order chi connectivity index (χ0) is 10.6. The van der Waals surface area contributed by atoms with Crippen LogP contribution in [0.15, 0.2) is 12.3 Å². The quantitative estimate of drug-likeness (QED) is 0.798. The van der Waals surface area contributed by atoms with Crippen molar-refractivity contribution in [2.75, 3.05) is 5.32 Å². The summed E-state index contributed by atoms with van der Waals surface area (Å²) in [7, 11) is 0. The molecule has 1 rings (SSSR count). The first-order chi connectivity index (χ1) is 6.63. The van der Waals surface area contributed by atoms with Gasteiger partial charge in [-0.2, -0.15) is 0 Å². The fourth-order valence-electron chi connectivity index (χ4n) is 1.42. The average Bonchev–Trinajstić information content (AvgIpc) is 2.14. The fourth-order valence-corrected chi connectivity index (χ4v) is 1.42. The van der Waals surface area contributed by atoms with E-state index in [0.717, 1.165) is 18.1 Å². The first-order valence-corrected chi connectivity index (χ1v) is 5.19. The Morgan fingerprint density at radius 1 is 1.43 bits per heavy atom. The molecule has 0 aliphatic carbocycles. The van der Waals surface area contributed by atoms with Crippen LogP contribution in [0.4, 0.5) is 5.95 Å². The summed E-state index contributed by atoms with van der Waals surface area (Å²) in [4.78, 5) is 8.51. The summed E-state index contributed by atoms with van der Waals surface area (Å²) < 4.78 is 0. The van der Waals surface area contributed by atoms with Crippen molar-refractivity contribution in [1.82, 2.24) is 9.97 Å². The number of aromatic nitrogens is 2. The van der Waals surface area contributed by atoms with E-state index in [9.17, 15) is 0 Å². The lowest BCUT2D eigenvalue weighted by Gasteiger charge is -2.20. The van der Waals surface area contributed by atoms with Crippen molar-refractivity contribution in [3.63, 3.8) is 0 Å². The molecular formula is C11H19N3. The molecule has 0 spiro atoms. The molecule has 1 N–H and O–H groups in total. The van der Waals surface area contributed by atoms with Crippen LogP contribution in [0.2, 0.25) is 0 Å². The Bertz CT molecular complexity index is 284. The summed E-state index contributed by atoms with van der Waals surface area (Å²) in [5.74, 6) is 1.34. The molecule has 0 radical (unpaired) electrons. The van der Waals surface area contributed by atoms with E-state index in [2.05, 4.69) is 36.1 Å².